The van der Waals surface area contributed by atoms with E-state index in [9.17, 15) is 5.11 Å². The molecule has 0 bridgehead atoms. The van der Waals surface area contributed by atoms with E-state index in [4.69, 9.17) is 0 Å². The Balaban J connectivity index is 2.53. The van der Waals surface area contributed by atoms with Gasteiger partial charge in [-0.05, 0) is 42.9 Å². The van der Waals surface area contributed by atoms with Crippen LogP contribution in [-0.4, -0.2) is 11.2 Å². The second-order valence-corrected chi connectivity index (χ2v) is 5.52. The van der Waals surface area contributed by atoms with Crippen molar-refractivity contribution in [1.29, 1.82) is 0 Å². The van der Waals surface area contributed by atoms with Gasteiger partial charge in [0.15, 0.2) is 0 Å². The lowest BCUT2D eigenvalue weighted by atomic mass is 9.66. The van der Waals surface area contributed by atoms with Crippen LogP contribution in [0.2, 0.25) is 0 Å². The summed E-state index contributed by atoms with van der Waals surface area (Å²) in [7, 11) is 0. The fourth-order valence-electron chi connectivity index (χ4n) is 2.84. The van der Waals surface area contributed by atoms with Crippen molar-refractivity contribution in [2.75, 3.05) is 0 Å². The van der Waals surface area contributed by atoms with Crippen LogP contribution in [0.4, 0.5) is 0 Å². The summed E-state index contributed by atoms with van der Waals surface area (Å²) in [6, 6.07) is 0. The van der Waals surface area contributed by atoms with Gasteiger partial charge in [0, 0.05) is 0 Å². The molecule has 0 spiro atoms. The molecule has 0 aromatic rings. The predicted molar refractivity (Wildman–Crippen MR) is 56.6 cm³/mol. The van der Waals surface area contributed by atoms with Crippen molar-refractivity contribution in [3.8, 4) is 0 Å². The molecule has 3 unspecified atom stereocenters. The molecule has 1 rings (SSSR count). The lowest BCUT2D eigenvalue weighted by Crippen LogP contribution is -2.34. The van der Waals surface area contributed by atoms with Gasteiger partial charge >= 0.3 is 0 Å². The molecule has 0 radical (unpaired) electrons. The summed E-state index contributed by atoms with van der Waals surface area (Å²) in [5, 5.41) is 9.82. The molecule has 13 heavy (non-hydrogen) atoms. The Morgan fingerprint density at radius 2 is 2.08 bits per heavy atom. The number of aliphatic hydroxyl groups excluding tert-OH is 1. The molecule has 1 heteroatoms. The van der Waals surface area contributed by atoms with Crippen molar-refractivity contribution in [3.63, 3.8) is 0 Å². The van der Waals surface area contributed by atoms with Gasteiger partial charge < -0.3 is 5.11 Å². The Morgan fingerprint density at radius 1 is 1.46 bits per heavy atom. The zero-order chi connectivity index (χ0) is 10.1. The summed E-state index contributed by atoms with van der Waals surface area (Å²) in [4.78, 5) is 0. The minimum absolute atomic E-state index is 0.0638. The highest BCUT2D eigenvalue weighted by Crippen LogP contribution is 2.43. The second kappa shape index (κ2) is 4.00. The molecule has 3 atom stereocenters. The molecule has 0 amide bonds. The Morgan fingerprint density at radius 3 is 2.54 bits per heavy atom. The molecule has 1 fully saturated rings. The fourth-order valence-corrected chi connectivity index (χ4v) is 2.84. The topological polar surface area (TPSA) is 20.2 Å². The maximum absolute atomic E-state index is 9.82. The highest BCUT2D eigenvalue weighted by atomic mass is 16.3. The first kappa shape index (κ1) is 11.0. The Hall–Kier alpha value is -0.0400. The van der Waals surface area contributed by atoms with Gasteiger partial charge in [-0.3, -0.25) is 0 Å². The van der Waals surface area contributed by atoms with Crippen molar-refractivity contribution in [3.05, 3.63) is 0 Å². The molecule has 0 saturated heterocycles. The molecule has 0 heterocycles. The predicted octanol–water partition coefficient (Wildman–Crippen LogP) is 3.22. The molecule has 0 aliphatic heterocycles. The lowest BCUT2D eigenvalue weighted by Gasteiger charge is -2.41. The van der Waals surface area contributed by atoms with Crippen LogP contribution in [0.1, 0.15) is 53.4 Å². The first-order chi connectivity index (χ1) is 5.96. The minimum atomic E-state index is -0.0638. The molecular weight excluding hydrogens is 160 g/mol. The third-order valence-corrected chi connectivity index (χ3v) is 3.67. The van der Waals surface area contributed by atoms with Crippen LogP contribution in [0.5, 0.6) is 0 Å². The van der Waals surface area contributed by atoms with Crippen LogP contribution in [0.25, 0.3) is 0 Å². The van der Waals surface area contributed by atoms with Gasteiger partial charge in [0.1, 0.15) is 0 Å². The zero-order valence-electron chi connectivity index (χ0n) is 9.51. The highest BCUT2D eigenvalue weighted by molar-refractivity contribution is 4.85. The molecule has 1 nitrogen and oxygen atoms in total. The average Bonchev–Trinajstić information content (AvgIpc) is 2.01. The average molecular weight is 184 g/mol. The van der Waals surface area contributed by atoms with Crippen LogP contribution in [0.3, 0.4) is 0 Å². The van der Waals surface area contributed by atoms with E-state index >= 15 is 0 Å². The van der Waals surface area contributed by atoms with Gasteiger partial charge in [0.25, 0.3) is 0 Å². The number of hydrogen-bond acceptors (Lipinski definition) is 1. The number of hydrogen-bond donors (Lipinski definition) is 1. The third kappa shape index (κ3) is 2.70. The van der Waals surface area contributed by atoms with Crippen molar-refractivity contribution < 1.29 is 5.11 Å². The standard InChI is InChI=1S/C12H24O/c1-5-11(13)10-6-7-12(3,4)8-9(10)2/h9-11,13H,5-8H2,1-4H3. The molecule has 0 aromatic heterocycles. The maximum atomic E-state index is 9.82. The van der Waals surface area contributed by atoms with E-state index in [0.29, 0.717) is 17.3 Å². The van der Waals surface area contributed by atoms with Crippen molar-refractivity contribution in [2.24, 2.45) is 17.3 Å². The molecular formula is C12H24O. The van der Waals surface area contributed by atoms with Gasteiger partial charge in [-0.2, -0.15) is 0 Å². The van der Waals surface area contributed by atoms with E-state index in [1.165, 1.54) is 19.3 Å². The Bertz CT molecular complexity index is 163. The number of aliphatic hydroxyl groups is 1. The molecule has 1 saturated carbocycles. The van der Waals surface area contributed by atoms with Crippen LogP contribution in [0.15, 0.2) is 0 Å². The monoisotopic (exact) mass is 184 g/mol. The van der Waals surface area contributed by atoms with Crippen LogP contribution < -0.4 is 0 Å². The SMILES string of the molecule is CCC(O)C1CCC(C)(C)CC1C. The minimum Gasteiger partial charge on any atom is -0.393 e. The van der Waals surface area contributed by atoms with Crippen LogP contribution in [-0.2, 0) is 0 Å². The van der Waals surface area contributed by atoms with Crippen LogP contribution >= 0.6 is 0 Å². The molecule has 1 aliphatic rings. The van der Waals surface area contributed by atoms with Crippen LogP contribution in [0, 0.1) is 17.3 Å². The van der Waals surface area contributed by atoms with E-state index in [1.54, 1.807) is 0 Å². The quantitative estimate of drug-likeness (QED) is 0.698. The maximum Gasteiger partial charge on any atom is 0.0568 e. The van der Waals surface area contributed by atoms with E-state index in [2.05, 4.69) is 27.7 Å². The van der Waals surface area contributed by atoms with E-state index in [0.717, 1.165) is 6.42 Å². The number of rotatable bonds is 2. The third-order valence-electron chi connectivity index (χ3n) is 3.67. The smallest absolute Gasteiger partial charge is 0.0568 e. The second-order valence-electron chi connectivity index (χ2n) is 5.52. The normalized spacial score (nSPS) is 35.8. The van der Waals surface area contributed by atoms with E-state index in [-0.39, 0.29) is 6.10 Å². The first-order valence-electron chi connectivity index (χ1n) is 5.64. The molecule has 0 aromatic carbocycles. The largest absolute Gasteiger partial charge is 0.393 e. The first-order valence-corrected chi connectivity index (χ1v) is 5.64. The van der Waals surface area contributed by atoms with E-state index < -0.39 is 0 Å². The van der Waals surface area contributed by atoms with Crippen molar-refractivity contribution in [2.45, 2.75) is 59.5 Å². The zero-order valence-corrected chi connectivity index (χ0v) is 9.51. The molecule has 78 valence electrons. The fraction of sp³-hybridized carbons (Fsp3) is 1.00. The van der Waals surface area contributed by atoms with Gasteiger partial charge in [0.05, 0.1) is 6.10 Å². The molecule has 1 N–H and O–H groups in total. The highest BCUT2D eigenvalue weighted by Gasteiger charge is 2.34. The van der Waals surface area contributed by atoms with E-state index in [1.807, 2.05) is 0 Å². The van der Waals surface area contributed by atoms with Gasteiger partial charge in [0.2, 0.25) is 0 Å². The molecule has 1 aliphatic carbocycles. The summed E-state index contributed by atoms with van der Waals surface area (Å²) in [5.41, 5.74) is 0.503. The lowest BCUT2D eigenvalue weighted by molar-refractivity contribution is 0.0182. The Kier molecular flexibility index (Phi) is 3.39. The summed E-state index contributed by atoms with van der Waals surface area (Å²) in [5.74, 6) is 1.25. The van der Waals surface area contributed by atoms with Crippen molar-refractivity contribution in [1.82, 2.24) is 0 Å². The summed E-state index contributed by atoms with van der Waals surface area (Å²) >= 11 is 0. The van der Waals surface area contributed by atoms with Gasteiger partial charge in [-0.1, -0.05) is 27.7 Å². The summed E-state index contributed by atoms with van der Waals surface area (Å²) in [6.45, 7) is 9.07. The van der Waals surface area contributed by atoms with Gasteiger partial charge in [-0.15, -0.1) is 0 Å². The summed E-state index contributed by atoms with van der Waals surface area (Å²) in [6.07, 6.45) is 4.61. The van der Waals surface area contributed by atoms with Gasteiger partial charge in [-0.25, -0.2) is 0 Å². The Labute approximate surface area is 82.5 Å². The van der Waals surface area contributed by atoms with Crippen molar-refractivity contribution >= 4 is 0 Å². The summed E-state index contributed by atoms with van der Waals surface area (Å²) < 4.78 is 0.